The van der Waals surface area contributed by atoms with Crippen LogP contribution in [-0.2, 0) is 0 Å². The van der Waals surface area contributed by atoms with Gasteiger partial charge in [0.1, 0.15) is 11.6 Å². The highest BCUT2D eigenvalue weighted by Gasteiger charge is 2.11. The molecule has 3 rings (SSSR count). The monoisotopic (exact) mass is 341 g/mol. The Morgan fingerprint density at radius 1 is 0.880 bits per heavy atom. The van der Waals surface area contributed by atoms with Crippen LogP contribution in [-0.4, -0.2) is 21.0 Å². The van der Waals surface area contributed by atoms with Gasteiger partial charge in [0.2, 0.25) is 11.9 Å². The lowest BCUT2D eigenvalue weighted by Crippen LogP contribution is -2.14. The molecule has 1 heterocycles. The van der Waals surface area contributed by atoms with E-state index in [1.54, 1.807) is 0 Å². The second-order valence-electron chi connectivity index (χ2n) is 5.72. The van der Waals surface area contributed by atoms with E-state index < -0.39 is 11.6 Å². The summed E-state index contributed by atoms with van der Waals surface area (Å²) in [5, 5.41) is 5.89. The maximum atomic E-state index is 13.9. The normalized spacial score (nSPS) is 10.8. The van der Waals surface area contributed by atoms with Gasteiger partial charge in [-0.15, -0.1) is 0 Å². The van der Waals surface area contributed by atoms with Gasteiger partial charge in [0.05, 0.1) is 5.69 Å². The van der Waals surface area contributed by atoms with Gasteiger partial charge in [-0.05, 0) is 26.0 Å². The molecule has 0 saturated carbocycles. The van der Waals surface area contributed by atoms with Crippen LogP contribution in [0.4, 0.5) is 26.4 Å². The van der Waals surface area contributed by atoms with Crippen LogP contribution in [0.3, 0.4) is 0 Å². The van der Waals surface area contributed by atoms with Crippen LogP contribution >= 0.6 is 0 Å². The van der Waals surface area contributed by atoms with Crippen LogP contribution in [0.15, 0.2) is 48.5 Å². The molecule has 0 saturated heterocycles. The minimum atomic E-state index is -0.722. The molecule has 0 amide bonds. The molecular formula is C18H17F2N5. The van der Waals surface area contributed by atoms with Crippen molar-refractivity contribution in [3.63, 3.8) is 0 Å². The summed E-state index contributed by atoms with van der Waals surface area (Å²) in [4.78, 5) is 13.0. The van der Waals surface area contributed by atoms with Gasteiger partial charge >= 0.3 is 0 Å². The summed E-state index contributed by atoms with van der Waals surface area (Å²) in [6, 6.07) is 12.8. The Morgan fingerprint density at radius 2 is 1.60 bits per heavy atom. The summed E-state index contributed by atoms with van der Waals surface area (Å²) in [6.45, 7) is 3.91. The van der Waals surface area contributed by atoms with Crippen LogP contribution in [0, 0.1) is 11.6 Å². The van der Waals surface area contributed by atoms with E-state index >= 15 is 0 Å². The molecule has 0 aliphatic carbocycles. The Bertz CT molecular complexity index is 869. The van der Waals surface area contributed by atoms with Crippen molar-refractivity contribution in [2.24, 2.45) is 0 Å². The first-order valence-corrected chi connectivity index (χ1v) is 7.81. The molecule has 128 valence electrons. The predicted octanol–water partition coefficient (Wildman–Crippen LogP) is 4.38. The molecule has 0 radical (unpaired) electrons. The number of rotatable bonds is 5. The summed E-state index contributed by atoms with van der Waals surface area (Å²) in [5.41, 5.74) is 0.890. The molecule has 3 aromatic rings. The summed E-state index contributed by atoms with van der Waals surface area (Å²) in [6.07, 6.45) is 0. The summed E-state index contributed by atoms with van der Waals surface area (Å²) in [7, 11) is 0. The van der Waals surface area contributed by atoms with E-state index in [2.05, 4.69) is 25.6 Å². The van der Waals surface area contributed by atoms with Gasteiger partial charge in [-0.2, -0.15) is 15.0 Å². The first-order chi connectivity index (χ1) is 12.0. The number of anilines is 3. The molecule has 0 spiro atoms. The first kappa shape index (κ1) is 16.8. The minimum Gasteiger partial charge on any atom is -0.352 e. The highest BCUT2D eigenvalue weighted by Crippen LogP contribution is 2.22. The van der Waals surface area contributed by atoms with Crippen LogP contribution in [0.25, 0.3) is 11.4 Å². The van der Waals surface area contributed by atoms with Crippen molar-refractivity contribution in [3.8, 4) is 11.4 Å². The molecule has 0 aliphatic heterocycles. The number of halogens is 2. The Balaban J connectivity index is 2.00. The minimum absolute atomic E-state index is 0.0853. The molecule has 25 heavy (non-hydrogen) atoms. The topological polar surface area (TPSA) is 62.7 Å². The number of hydrogen-bond acceptors (Lipinski definition) is 5. The summed E-state index contributed by atoms with van der Waals surface area (Å²) < 4.78 is 26.9. The smallest absolute Gasteiger partial charge is 0.232 e. The zero-order chi connectivity index (χ0) is 17.8. The predicted molar refractivity (Wildman–Crippen MR) is 93.7 cm³/mol. The van der Waals surface area contributed by atoms with Gasteiger partial charge in [0.25, 0.3) is 0 Å². The van der Waals surface area contributed by atoms with Crippen molar-refractivity contribution in [3.05, 3.63) is 60.2 Å². The Morgan fingerprint density at radius 3 is 2.28 bits per heavy atom. The Hall–Kier alpha value is -3.09. The van der Waals surface area contributed by atoms with Crippen molar-refractivity contribution in [1.29, 1.82) is 0 Å². The van der Waals surface area contributed by atoms with Gasteiger partial charge < -0.3 is 10.6 Å². The van der Waals surface area contributed by atoms with E-state index in [1.165, 1.54) is 6.07 Å². The molecular weight excluding hydrogens is 324 g/mol. The molecule has 0 fully saturated rings. The highest BCUT2D eigenvalue weighted by atomic mass is 19.1. The largest absolute Gasteiger partial charge is 0.352 e. The van der Waals surface area contributed by atoms with E-state index in [-0.39, 0.29) is 17.7 Å². The van der Waals surface area contributed by atoms with Crippen LogP contribution in [0.2, 0.25) is 0 Å². The number of nitrogens with zero attached hydrogens (tertiary/aromatic N) is 3. The van der Waals surface area contributed by atoms with Crippen molar-refractivity contribution < 1.29 is 8.78 Å². The Labute approximate surface area is 144 Å². The number of benzene rings is 2. The lowest BCUT2D eigenvalue weighted by molar-refractivity contribution is 0.586. The SMILES string of the molecule is CC(C)Nc1nc(Nc2ccc(F)cc2F)nc(-c2ccccc2)n1. The fourth-order valence-corrected chi connectivity index (χ4v) is 2.18. The van der Waals surface area contributed by atoms with Crippen molar-refractivity contribution in [2.45, 2.75) is 19.9 Å². The van der Waals surface area contributed by atoms with E-state index in [0.29, 0.717) is 11.8 Å². The molecule has 0 bridgehead atoms. The summed E-state index contributed by atoms with van der Waals surface area (Å²) >= 11 is 0. The molecule has 1 aromatic heterocycles. The average molecular weight is 341 g/mol. The van der Waals surface area contributed by atoms with Crippen LogP contribution in [0.5, 0.6) is 0 Å². The van der Waals surface area contributed by atoms with Gasteiger partial charge in [-0.3, -0.25) is 0 Å². The Kier molecular flexibility index (Phi) is 4.83. The molecule has 5 nitrogen and oxygen atoms in total. The maximum Gasteiger partial charge on any atom is 0.232 e. The second-order valence-corrected chi connectivity index (χ2v) is 5.72. The zero-order valence-electron chi connectivity index (χ0n) is 13.8. The van der Waals surface area contributed by atoms with Gasteiger partial charge in [-0.1, -0.05) is 30.3 Å². The maximum absolute atomic E-state index is 13.9. The third-order valence-corrected chi connectivity index (χ3v) is 3.26. The van der Waals surface area contributed by atoms with E-state index in [4.69, 9.17) is 0 Å². The van der Waals surface area contributed by atoms with Gasteiger partial charge in [-0.25, -0.2) is 8.78 Å². The number of aromatic nitrogens is 3. The lowest BCUT2D eigenvalue weighted by Gasteiger charge is -2.12. The van der Waals surface area contributed by atoms with E-state index in [1.807, 2.05) is 44.2 Å². The average Bonchev–Trinajstić information content (AvgIpc) is 2.57. The first-order valence-electron chi connectivity index (χ1n) is 7.81. The zero-order valence-corrected chi connectivity index (χ0v) is 13.8. The molecule has 0 atom stereocenters. The molecule has 0 aliphatic rings. The fraction of sp³-hybridized carbons (Fsp3) is 0.167. The molecule has 2 N–H and O–H groups in total. The highest BCUT2D eigenvalue weighted by molar-refractivity contribution is 5.61. The van der Waals surface area contributed by atoms with Crippen LogP contribution in [0.1, 0.15) is 13.8 Å². The van der Waals surface area contributed by atoms with Crippen molar-refractivity contribution in [1.82, 2.24) is 15.0 Å². The van der Waals surface area contributed by atoms with Gasteiger partial charge in [0.15, 0.2) is 5.82 Å². The van der Waals surface area contributed by atoms with Crippen molar-refractivity contribution in [2.75, 3.05) is 10.6 Å². The quantitative estimate of drug-likeness (QED) is 0.721. The lowest BCUT2D eigenvalue weighted by atomic mass is 10.2. The van der Waals surface area contributed by atoms with Crippen molar-refractivity contribution >= 4 is 17.6 Å². The third kappa shape index (κ3) is 4.26. The van der Waals surface area contributed by atoms with Crippen LogP contribution < -0.4 is 10.6 Å². The number of hydrogen-bond donors (Lipinski definition) is 2. The second kappa shape index (κ2) is 7.21. The summed E-state index contributed by atoms with van der Waals surface area (Å²) in [5.74, 6) is -0.383. The van der Waals surface area contributed by atoms with Gasteiger partial charge in [0, 0.05) is 17.7 Å². The molecule has 0 unspecified atom stereocenters. The standard InChI is InChI=1S/C18H17F2N5/c1-11(2)21-17-23-16(12-6-4-3-5-7-12)24-18(25-17)22-15-9-8-13(19)10-14(15)20/h3-11H,1-2H3,(H2,21,22,23,24,25). The molecule has 7 heteroatoms. The number of nitrogens with one attached hydrogen (secondary N) is 2. The van der Waals surface area contributed by atoms with E-state index in [9.17, 15) is 8.78 Å². The van der Waals surface area contributed by atoms with E-state index in [0.717, 1.165) is 17.7 Å². The molecule has 2 aromatic carbocycles. The third-order valence-electron chi connectivity index (χ3n) is 3.26. The fourth-order valence-electron chi connectivity index (χ4n) is 2.18.